The number of alkyl halides is 3. The van der Waals surface area contributed by atoms with Gasteiger partial charge in [0.1, 0.15) is 18.2 Å². The molecule has 1 aliphatic rings. The second kappa shape index (κ2) is 8.10. The number of hydrogen-bond acceptors (Lipinski definition) is 6. The third kappa shape index (κ3) is 4.15. The van der Waals surface area contributed by atoms with Crippen molar-refractivity contribution in [1.82, 2.24) is 19.9 Å². The van der Waals surface area contributed by atoms with E-state index in [1.165, 1.54) is 0 Å². The van der Waals surface area contributed by atoms with Gasteiger partial charge in [0.15, 0.2) is 5.65 Å². The quantitative estimate of drug-likeness (QED) is 0.661. The smallest absolute Gasteiger partial charge is 0.383 e. The summed E-state index contributed by atoms with van der Waals surface area (Å²) >= 11 is 0. The van der Waals surface area contributed by atoms with Crippen molar-refractivity contribution >= 4 is 22.8 Å². The Labute approximate surface area is 176 Å². The number of nitrogens with two attached hydrogens (primary N) is 2. The highest BCUT2D eigenvalue weighted by molar-refractivity contribution is 5.89. The fourth-order valence-electron chi connectivity index (χ4n) is 3.96. The number of anilines is 1. The molecule has 1 fully saturated rings. The molecule has 3 aromatic rings. The van der Waals surface area contributed by atoms with E-state index in [4.69, 9.17) is 11.5 Å². The molecule has 0 saturated carbocycles. The molecule has 162 valence electrons. The topological polar surface area (TPSA) is 111 Å². The Bertz CT molecular complexity index is 1110. The van der Waals surface area contributed by atoms with Crippen LogP contribution in [0.1, 0.15) is 41.6 Å². The average molecular weight is 430 g/mol. The van der Waals surface area contributed by atoms with Gasteiger partial charge >= 0.3 is 6.18 Å². The molecule has 0 radical (unpaired) electrons. The van der Waals surface area contributed by atoms with Crippen LogP contribution in [0, 0.1) is 0 Å². The van der Waals surface area contributed by atoms with Gasteiger partial charge in [0.25, 0.3) is 0 Å². The number of pyridine rings is 1. The van der Waals surface area contributed by atoms with Crippen LogP contribution in [0.2, 0.25) is 0 Å². The molecular weight excluding hydrogens is 409 g/mol. The Morgan fingerprint density at radius 3 is 2.65 bits per heavy atom. The standard InChI is InChI=1S/C21H21F3N6O/c22-21(23,24)14-9-15(29-19-16(14)18(26)27-11-28-19)13-7-4-8-30(10-13)20(31)17(25)12-5-2-1-3-6-12/h1-3,5-6,9,11,13,17H,4,7-8,10,25H2,(H2,26,27,28,29). The molecule has 1 aliphatic heterocycles. The monoisotopic (exact) mass is 430 g/mol. The number of carbonyl (C=O) groups excluding carboxylic acids is 1. The fraction of sp³-hybridized carbons (Fsp3) is 0.333. The average Bonchev–Trinajstić information content (AvgIpc) is 2.77. The van der Waals surface area contributed by atoms with Crippen molar-refractivity contribution in [2.75, 3.05) is 18.8 Å². The molecule has 1 saturated heterocycles. The molecule has 1 amide bonds. The van der Waals surface area contributed by atoms with Crippen molar-refractivity contribution in [3.8, 4) is 0 Å². The van der Waals surface area contributed by atoms with Gasteiger partial charge in [-0.25, -0.2) is 15.0 Å². The highest BCUT2D eigenvalue weighted by Gasteiger charge is 2.37. The van der Waals surface area contributed by atoms with Gasteiger partial charge in [-0.3, -0.25) is 4.79 Å². The lowest BCUT2D eigenvalue weighted by molar-refractivity contribution is -0.136. The minimum absolute atomic E-state index is 0.109. The molecule has 0 spiro atoms. The summed E-state index contributed by atoms with van der Waals surface area (Å²) in [5.74, 6) is -0.910. The van der Waals surface area contributed by atoms with Crippen LogP contribution in [0.15, 0.2) is 42.7 Å². The van der Waals surface area contributed by atoms with E-state index in [0.717, 1.165) is 12.4 Å². The van der Waals surface area contributed by atoms with Gasteiger partial charge in [0.05, 0.1) is 10.9 Å². The first-order chi connectivity index (χ1) is 14.8. The van der Waals surface area contributed by atoms with Crippen molar-refractivity contribution in [1.29, 1.82) is 0 Å². The van der Waals surface area contributed by atoms with E-state index in [1.807, 2.05) is 6.07 Å². The van der Waals surface area contributed by atoms with E-state index in [2.05, 4.69) is 15.0 Å². The van der Waals surface area contributed by atoms with Crippen molar-refractivity contribution in [2.24, 2.45) is 5.73 Å². The molecule has 4 N–H and O–H groups in total. The number of aromatic nitrogens is 3. The highest BCUT2D eigenvalue weighted by Crippen LogP contribution is 2.38. The molecule has 1 aromatic carbocycles. The fourth-order valence-corrected chi connectivity index (χ4v) is 3.96. The Morgan fingerprint density at radius 2 is 1.94 bits per heavy atom. The number of nitrogens with zero attached hydrogens (tertiary/aromatic N) is 4. The third-order valence-electron chi connectivity index (χ3n) is 5.53. The Balaban J connectivity index is 1.65. The lowest BCUT2D eigenvalue weighted by Crippen LogP contribution is -2.44. The number of fused-ring (bicyclic) bond motifs is 1. The third-order valence-corrected chi connectivity index (χ3v) is 5.53. The molecule has 31 heavy (non-hydrogen) atoms. The summed E-state index contributed by atoms with van der Waals surface area (Å²) in [6.07, 6.45) is -2.33. The van der Waals surface area contributed by atoms with Crippen LogP contribution in [0.3, 0.4) is 0 Å². The van der Waals surface area contributed by atoms with Crippen molar-refractivity contribution in [2.45, 2.75) is 31.0 Å². The van der Waals surface area contributed by atoms with Gasteiger partial charge in [-0.2, -0.15) is 13.2 Å². The lowest BCUT2D eigenvalue weighted by atomic mass is 9.92. The number of piperidine rings is 1. The van der Waals surface area contributed by atoms with Crippen LogP contribution in [0.25, 0.3) is 11.0 Å². The van der Waals surface area contributed by atoms with Gasteiger partial charge in [-0.05, 0) is 24.5 Å². The van der Waals surface area contributed by atoms with Crippen LogP contribution < -0.4 is 11.5 Å². The Hall–Kier alpha value is -3.27. The molecule has 0 bridgehead atoms. The van der Waals surface area contributed by atoms with Crippen molar-refractivity contribution < 1.29 is 18.0 Å². The van der Waals surface area contributed by atoms with E-state index >= 15 is 0 Å². The number of likely N-dealkylation sites (tertiary alicyclic amines) is 1. The van der Waals surface area contributed by atoms with Crippen LogP contribution in [0.4, 0.5) is 19.0 Å². The van der Waals surface area contributed by atoms with Gasteiger partial charge in [-0.1, -0.05) is 30.3 Å². The van der Waals surface area contributed by atoms with Gasteiger partial charge < -0.3 is 16.4 Å². The number of hydrogen-bond donors (Lipinski definition) is 2. The van der Waals surface area contributed by atoms with E-state index < -0.39 is 17.8 Å². The summed E-state index contributed by atoms with van der Waals surface area (Å²) < 4.78 is 41.2. The normalized spacial score (nSPS) is 18.2. The highest BCUT2D eigenvalue weighted by atomic mass is 19.4. The Morgan fingerprint density at radius 1 is 1.19 bits per heavy atom. The largest absolute Gasteiger partial charge is 0.417 e. The van der Waals surface area contributed by atoms with Gasteiger partial charge in [0.2, 0.25) is 5.91 Å². The predicted molar refractivity (Wildman–Crippen MR) is 109 cm³/mol. The second-order valence-electron chi connectivity index (χ2n) is 7.56. The molecule has 0 aliphatic carbocycles. The maximum absolute atomic E-state index is 13.7. The minimum atomic E-state index is -4.64. The molecule has 2 aromatic heterocycles. The lowest BCUT2D eigenvalue weighted by Gasteiger charge is -2.34. The first-order valence-electron chi connectivity index (χ1n) is 9.83. The summed E-state index contributed by atoms with van der Waals surface area (Å²) in [7, 11) is 0. The van der Waals surface area contributed by atoms with Crippen molar-refractivity contribution in [3.05, 3.63) is 59.5 Å². The Kier molecular flexibility index (Phi) is 5.48. The molecule has 2 unspecified atom stereocenters. The SMILES string of the molecule is Nc1ncnc2nc(C3CCCN(C(=O)C(N)c4ccccc4)C3)cc(C(F)(F)F)c12. The van der Waals surface area contributed by atoms with Crippen molar-refractivity contribution in [3.63, 3.8) is 0 Å². The minimum Gasteiger partial charge on any atom is -0.383 e. The van der Waals surface area contributed by atoms with Crippen LogP contribution in [-0.4, -0.2) is 38.8 Å². The maximum atomic E-state index is 13.7. The zero-order chi connectivity index (χ0) is 22.2. The molecule has 7 nitrogen and oxygen atoms in total. The summed E-state index contributed by atoms with van der Waals surface area (Å²) in [6.45, 7) is 0.723. The summed E-state index contributed by atoms with van der Waals surface area (Å²) in [5, 5.41) is -0.311. The predicted octanol–water partition coefficient (Wildman–Crippen LogP) is 3.03. The van der Waals surface area contributed by atoms with Crippen LogP contribution >= 0.6 is 0 Å². The summed E-state index contributed by atoms with van der Waals surface area (Å²) in [6, 6.07) is 9.14. The number of halogens is 3. The van der Waals surface area contributed by atoms with E-state index in [1.54, 1.807) is 29.2 Å². The first kappa shape index (κ1) is 21.0. The molecule has 4 rings (SSSR count). The zero-order valence-electron chi connectivity index (χ0n) is 16.5. The summed E-state index contributed by atoms with van der Waals surface area (Å²) in [5.41, 5.74) is 11.7. The number of carbonyl (C=O) groups is 1. The molecule has 3 heterocycles. The molecule has 10 heteroatoms. The second-order valence-corrected chi connectivity index (χ2v) is 7.56. The van der Waals surface area contributed by atoms with Gasteiger partial charge in [0, 0.05) is 24.7 Å². The number of rotatable bonds is 3. The number of benzene rings is 1. The first-order valence-corrected chi connectivity index (χ1v) is 9.83. The molecule has 2 atom stereocenters. The summed E-state index contributed by atoms with van der Waals surface area (Å²) in [4.78, 5) is 26.4. The van der Waals surface area contributed by atoms with E-state index in [0.29, 0.717) is 24.9 Å². The van der Waals surface area contributed by atoms with Crippen LogP contribution in [-0.2, 0) is 11.0 Å². The zero-order valence-corrected chi connectivity index (χ0v) is 16.5. The maximum Gasteiger partial charge on any atom is 0.417 e. The number of amides is 1. The number of nitrogen functional groups attached to an aromatic ring is 1. The van der Waals surface area contributed by atoms with E-state index in [9.17, 15) is 18.0 Å². The molecular formula is C21H21F3N6O. The van der Waals surface area contributed by atoms with Gasteiger partial charge in [-0.15, -0.1) is 0 Å². The van der Waals surface area contributed by atoms with Crippen LogP contribution in [0.5, 0.6) is 0 Å². The van der Waals surface area contributed by atoms with E-state index in [-0.39, 0.29) is 40.9 Å².